The van der Waals surface area contributed by atoms with Crippen molar-refractivity contribution in [3.8, 4) is 0 Å². The lowest BCUT2D eigenvalue weighted by atomic mass is 9.94. The van der Waals surface area contributed by atoms with Crippen LogP contribution in [0.1, 0.15) is 32.8 Å². The second-order valence-corrected chi connectivity index (χ2v) is 14.9. The Bertz CT molecular complexity index is 1570. The van der Waals surface area contributed by atoms with Gasteiger partial charge in [0.15, 0.2) is 24.3 Å². The summed E-state index contributed by atoms with van der Waals surface area (Å²) >= 11 is 6.07. The fourth-order valence-corrected chi connectivity index (χ4v) is 9.00. The van der Waals surface area contributed by atoms with Gasteiger partial charge < -0.3 is 4.74 Å². The van der Waals surface area contributed by atoms with Crippen LogP contribution in [0.2, 0.25) is 5.02 Å². The smallest absolute Gasteiger partial charge is 0.421 e. The first-order valence-electron chi connectivity index (χ1n) is 11.7. The van der Waals surface area contributed by atoms with Gasteiger partial charge in [0.05, 0.1) is 15.5 Å². The van der Waals surface area contributed by atoms with Gasteiger partial charge in [0.25, 0.3) is 5.91 Å². The van der Waals surface area contributed by atoms with E-state index in [2.05, 4.69) is 0 Å². The molecule has 0 unspecified atom stereocenters. The molecule has 39 heavy (non-hydrogen) atoms. The maximum absolute atomic E-state index is 17.0. The number of sulfone groups is 2. The van der Waals surface area contributed by atoms with Gasteiger partial charge in [-0.2, -0.15) is 0 Å². The van der Waals surface area contributed by atoms with E-state index in [-0.39, 0.29) is 20.5 Å². The third kappa shape index (κ3) is 5.30. The van der Waals surface area contributed by atoms with Crippen molar-refractivity contribution in [3.05, 3.63) is 89.4 Å². The molecule has 206 valence electrons. The van der Waals surface area contributed by atoms with Crippen LogP contribution in [0.3, 0.4) is 0 Å². The van der Waals surface area contributed by atoms with Gasteiger partial charge >= 0.3 is 6.09 Å². The summed E-state index contributed by atoms with van der Waals surface area (Å²) in [4.78, 5) is 26.3. The van der Waals surface area contributed by atoms with Crippen molar-refractivity contribution in [1.82, 2.24) is 0 Å². The number of carbonyl (C=O) groups excluding carboxylic acids is 2. The molecule has 0 bridgehead atoms. The summed E-state index contributed by atoms with van der Waals surface area (Å²) in [5, 5.41) is 0.0599. The molecule has 1 aliphatic rings. The van der Waals surface area contributed by atoms with Crippen LogP contribution in [-0.2, 0) is 34.9 Å². The van der Waals surface area contributed by atoms with E-state index in [0.29, 0.717) is 4.90 Å². The Balaban J connectivity index is 1.91. The van der Waals surface area contributed by atoms with Gasteiger partial charge in [-0.25, -0.2) is 30.9 Å². The quantitative estimate of drug-likeness (QED) is 0.373. The third-order valence-electron chi connectivity index (χ3n) is 6.03. The van der Waals surface area contributed by atoms with E-state index in [0.717, 1.165) is 12.1 Å². The largest absolute Gasteiger partial charge is 0.443 e. The normalized spacial score (nSPS) is 17.8. The number of anilines is 1. The van der Waals surface area contributed by atoms with Crippen molar-refractivity contribution < 1.29 is 35.6 Å². The molecule has 3 aromatic carbocycles. The maximum atomic E-state index is 17.0. The highest BCUT2D eigenvalue weighted by Crippen LogP contribution is 2.49. The molecular formula is C27H25ClFNO7S2. The minimum Gasteiger partial charge on any atom is -0.443 e. The topological polar surface area (TPSA) is 115 Å². The first kappa shape index (κ1) is 28.7. The summed E-state index contributed by atoms with van der Waals surface area (Å²) in [6, 6.07) is 16.9. The van der Waals surface area contributed by atoms with Crippen molar-refractivity contribution in [3.63, 3.8) is 0 Å². The van der Waals surface area contributed by atoms with Crippen LogP contribution < -0.4 is 4.90 Å². The van der Waals surface area contributed by atoms with E-state index in [4.69, 9.17) is 16.3 Å². The number of rotatable bonds is 6. The van der Waals surface area contributed by atoms with E-state index in [1.807, 2.05) is 0 Å². The number of fused-ring (bicyclic) bond motifs is 1. The van der Waals surface area contributed by atoms with Crippen molar-refractivity contribution in [2.75, 3.05) is 4.90 Å². The lowest BCUT2D eigenvalue weighted by Crippen LogP contribution is -2.46. The number of amides is 2. The molecular weight excluding hydrogens is 569 g/mol. The average Bonchev–Trinajstić information content (AvgIpc) is 3.08. The Hall–Kier alpha value is -3.28. The van der Waals surface area contributed by atoms with Gasteiger partial charge in [-0.3, -0.25) is 4.79 Å². The summed E-state index contributed by atoms with van der Waals surface area (Å²) in [6.07, 6.45) is -2.54. The third-order valence-corrected chi connectivity index (χ3v) is 11.4. The van der Waals surface area contributed by atoms with Gasteiger partial charge in [0, 0.05) is 17.0 Å². The molecule has 0 aliphatic carbocycles. The molecule has 1 atom stereocenters. The molecule has 12 heteroatoms. The highest BCUT2D eigenvalue weighted by molar-refractivity contribution is 8.09. The lowest BCUT2D eigenvalue weighted by Gasteiger charge is -2.27. The fraction of sp³-hybridized carbons (Fsp3) is 0.259. The van der Waals surface area contributed by atoms with Crippen molar-refractivity contribution in [1.29, 1.82) is 0 Å². The molecule has 0 aromatic heterocycles. The molecule has 8 nitrogen and oxygen atoms in total. The van der Waals surface area contributed by atoms with E-state index in [1.54, 1.807) is 20.8 Å². The molecule has 0 radical (unpaired) electrons. The number of ether oxygens (including phenoxy) is 1. The SMILES string of the molecule is CC(C)(C)OC(=O)N1C(=O)[C@](F)(CC(S(=O)(=O)c2ccccc2)S(=O)(=O)c2ccccc2)c2ccc(Cl)cc21. The number of hydrogen-bond acceptors (Lipinski definition) is 7. The monoisotopic (exact) mass is 593 g/mol. The van der Waals surface area contributed by atoms with Crippen LogP contribution in [0.5, 0.6) is 0 Å². The number of halogens is 2. The number of hydrogen-bond donors (Lipinski definition) is 0. The first-order valence-corrected chi connectivity index (χ1v) is 15.2. The second-order valence-electron chi connectivity index (χ2n) is 9.93. The summed E-state index contributed by atoms with van der Waals surface area (Å²) in [7, 11) is -9.55. The molecule has 3 aromatic rings. The number of nitrogens with zero attached hydrogens (tertiary/aromatic N) is 1. The molecule has 0 fully saturated rings. The van der Waals surface area contributed by atoms with Crippen LogP contribution in [0.15, 0.2) is 88.7 Å². The summed E-state index contributed by atoms with van der Waals surface area (Å²) in [6.45, 7) is 4.63. The highest BCUT2D eigenvalue weighted by atomic mass is 35.5. The lowest BCUT2D eigenvalue weighted by molar-refractivity contribution is -0.129. The van der Waals surface area contributed by atoms with Crippen LogP contribution >= 0.6 is 11.6 Å². The predicted molar refractivity (Wildman–Crippen MR) is 144 cm³/mol. The Morgan fingerprint density at radius 3 is 1.87 bits per heavy atom. The summed E-state index contributed by atoms with van der Waals surface area (Å²) in [5.41, 5.74) is -4.96. The van der Waals surface area contributed by atoms with E-state index >= 15 is 4.39 Å². The Morgan fingerprint density at radius 1 is 0.923 bits per heavy atom. The van der Waals surface area contributed by atoms with E-state index in [9.17, 15) is 26.4 Å². The van der Waals surface area contributed by atoms with E-state index in [1.165, 1.54) is 66.7 Å². The molecule has 0 spiro atoms. The van der Waals surface area contributed by atoms with Crippen molar-refractivity contribution in [2.45, 2.75) is 52.8 Å². The van der Waals surface area contributed by atoms with Gasteiger partial charge in [-0.15, -0.1) is 0 Å². The van der Waals surface area contributed by atoms with Gasteiger partial charge in [0.1, 0.15) is 5.60 Å². The minimum absolute atomic E-state index is 0.0599. The molecule has 1 heterocycles. The molecule has 0 N–H and O–H groups in total. The molecule has 0 saturated carbocycles. The molecule has 1 aliphatic heterocycles. The van der Waals surface area contributed by atoms with Crippen LogP contribution in [0.4, 0.5) is 14.9 Å². The van der Waals surface area contributed by atoms with Gasteiger partial charge in [-0.1, -0.05) is 54.1 Å². The van der Waals surface area contributed by atoms with Crippen molar-refractivity contribution in [2.24, 2.45) is 0 Å². The van der Waals surface area contributed by atoms with Crippen molar-refractivity contribution >= 4 is 49.0 Å². The van der Waals surface area contributed by atoms with E-state index < -0.39 is 59.5 Å². The first-order chi connectivity index (χ1) is 18.1. The summed E-state index contributed by atoms with van der Waals surface area (Å²) < 4.78 is 75.0. The zero-order valence-electron chi connectivity index (χ0n) is 21.2. The van der Waals surface area contributed by atoms with Crippen LogP contribution in [0.25, 0.3) is 0 Å². The number of alkyl halides is 1. The summed E-state index contributed by atoms with van der Waals surface area (Å²) in [5.74, 6) is -1.48. The van der Waals surface area contributed by atoms with Gasteiger partial charge in [0.2, 0.25) is 5.67 Å². The standard InChI is InChI=1S/C27H25ClFNO7S2/c1-26(2,3)37-25(32)30-22-16-18(28)14-15-21(22)27(29,24(30)31)17-23(38(33,34)19-10-6-4-7-11-19)39(35,36)20-12-8-5-9-13-20/h4-16,23H,17H2,1-3H3/t27-/m0/s1. The highest BCUT2D eigenvalue weighted by Gasteiger charge is 2.59. The second kappa shape index (κ2) is 10.0. The number of benzene rings is 3. The molecule has 4 rings (SSSR count). The Labute approximate surface area is 231 Å². The Morgan fingerprint density at radius 2 is 1.41 bits per heavy atom. The average molecular weight is 594 g/mol. The fourth-order valence-electron chi connectivity index (χ4n) is 4.25. The van der Waals surface area contributed by atoms with Gasteiger partial charge in [-0.05, 0) is 57.2 Å². The zero-order valence-corrected chi connectivity index (χ0v) is 23.6. The predicted octanol–water partition coefficient (Wildman–Crippen LogP) is 5.45. The van der Waals surface area contributed by atoms with Crippen LogP contribution in [-0.4, -0.2) is 39.0 Å². The minimum atomic E-state index is -4.77. The number of carbonyl (C=O) groups is 2. The molecule has 2 amide bonds. The Kier molecular flexibility index (Phi) is 7.39. The number of imide groups is 1. The molecule has 0 saturated heterocycles. The van der Waals surface area contributed by atoms with Crippen LogP contribution in [0, 0.1) is 0 Å². The zero-order chi connectivity index (χ0) is 28.8. The maximum Gasteiger partial charge on any atom is 0.421 e.